The largest absolute Gasteiger partial charge is 0.0622 e. The van der Waals surface area contributed by atoms with Gasteiger partial charge in [-0.25, -0.2) is 0 Å². The summed E-state index contributed by atoms with van der Waals surface area (Å²) >= 11 is 0. The first-order chi connectivity index (χ1) is 10.8. The Bertz CT molecular complexity index is 799. The zero-order chi connectivity index (χ0) is 14.9. The number of aryl methyl sites for hydroxylation is 1. The third kappa shape index (κ3) is 2.25. The van der Waals surface area contributed by atoms with E-state index in [1.807, 2.05) is 0 Å². The molecule has 3 aromatic rings. The Hall–Kier alpha value is -2.34. The van der Waals surface area contributed by atoms with E-state index in [0.29, 0.717) is 5.92 Å². The summed E-state index contributed by atoms with van der Waals surface area (Å²) in [6.07, 6.45) is 2.15. The van der Waals surface area contributed by atoms with Crippen LogP contribution in [0.25, 0.3) is 0 Å². The fraction of sp³-hybridized carbons (Fsp3) is 0.182. The van der Waals surface area contributed by atoms with Crippen molar-refractivity contribution in [2.24, 2.45) is 0 Å². The minimum Gasteiger partial charge on any atom is -0.0622 e. The molecule has 0 N–H and O–H groups in total. The minimum absolute atomic E-state index is 0.458. The Balaban J connectivity index is 1.92. The van der Waals surface area contributed by atoms with Crippen molar-refractivity contribution in [2.45, 2.75) is 25.7 Å². The number of hydrogen-bond acceptors (Lipinski definition) is 0. The molecule has 22 heavy (non-hydrogen) atoms. The number of rotatable bonds is 1. The van der Waals surface area contributed by atoms with Crippen LogP contribution in [0.4, 0.5) is 0 Å². The summed E-state index contributed by atoms with van der Waals surface area (Å²) in [5.41, 5.74) is 8.83. The first kappa shape index (κ1) is 13.3. The smallest absolute Gasteiger partial charge is 0.0133 e. The summed E-state index contributed by atoms with van der Waals surface area (Å²) in [6, 6.07) is 26.6. The summed E-state index contributed by atoms with van der Waals surface area (Å²) in [6.45, 7) is 2.25. The highest BCUT2D eigenvalue weighted by Gasteiger charge is 2.23. The zero-order valence-electron chi connectivity index (χ0n) is 12.9. The van der Waals surface area contributed by atoms with E-state index in [1.165, 1.54) is 33.4 Å². The Kier molecular flexibility index (Phi) is 3.31. The topological polar surface area (TPSA) is 0 Å². The summed E-state index contributed by atoms with van der Waals surface area (Å²) in [4.78, 5) is 0. The van der Waals surface area contributed by atoms with Crippen LogP contribution in [-0.2, 0) is 12.8 Å². The highest BCUT2D eigenvalue weighted by atomic mass is 14.3. The van der Waals surface area contributed by atoms with Gasteiger partial charge in [-0.05, 0) is 53.1 Å². The molecule has 1 atom stereocenters. The fourth-order valence-corrected chi connectivity index (χ4v) is 3.76. The zero-order valence-corrected chi connectivity index (χ0v) is 12.9. The Morgan fingerprint density at radius 2 is 1.45 bits per heavy atom. The maximum atomic E-state index is 2.31. The van der Waals surface area contributed by atoms with Crippen molar-refractivity contribution in [3.8, 4) is 0 Å². The van der Waals surface area contributed by atoms with Crippen molar-refractivity contribution in [1.82, 2.24) is 0 Å². The van der Waals surface area contributed by atoms with E-state index in [-0.39, 0.29) is 0 Å². The molecule has 108 valence electrons. The summed E-state index contributed by atoms with van der Waals surface area (Å²) < 4.78 is 0. The highest BCUT2D eigenvalue weighted by molar-refractivity contribution is 5.48. The molecule has 0 bridgehead atoms. The van der Waals surface area contributed by atoms with Gasteiger partial charge in [0.05, 0.1) is 0 Å². The van der Waals surface area contributed by atoms with Crippen LogP contribution in [0.1, 0.15) is 39.3 Å². The minimum atomic E-state index is 0.458. The molecule has 0 heterocycles. The Labute approximate surface area is 132 Å². The van der Waals surface area contributed by atoms with Crippen LogP contribution < -0.4 is 0 Å². The molecular formula is C22H20. The molecule has 0 fully saturated rings. The van der Waals surface area contributed by atoms with Crippen molar-refractivity contribution >= 4 is 0 Å². The standard InChI is InChI=1S/C22H20/c1-16-8-7-12-19-14-18-11-5-6-13-20(18)22(15-21(16)19)17-9-3-2-4-10-17/h2-13,22H,14-15H2,1H3. The Morgan fingerprint density at radius 3 is 2.32 bits per heavy atom. The first-order valence-electron chi connectivity index (χ1n) is 8.03. The molecule has 3 aromatic carbocycles. The molecule has 4 rings (SSSR count). The molecule has 0 saturated heterocycles. The maximum absolute atomic E-state index is 2.31. The lowest BCUT2D eigenvalue weighted by Crippen LogP contribution is -2.06. The molecule has 0 spiro atoms. The SMILES string of the molecule is Cc1cccc2c1CC(c1ccccc1)c1ccccc1C2. The summed E-state index contributed by atoms with van der Waals surface area (Å²) in [5, 5.41) is 0. The number of benzene rings is 3. The average Bonchev–Trinajstić information content (AvgIpc) is 2.73. The molecule has 1 aliphatic rings. The van der Waals surface area contributed by atoms with Gasteiger partial charge in [0.2, 0.25) is 0 Å². The third-order valence-electron chi connectivity index (χ3n) is 4.93. The molecule has 0 saturated carbocycles. The van der Waals surface area contributed by atoms with E-state index in [2.05, 4.69) is 79.7 Å². The van der Waals surface area contributed by atoms with Crippen molar-refractivity contribution in [3.63, 3.8) is 0 Å². The van der Waals surface area contributed by atoms with Crippen molar-refractivity contribution in [3.05, 3.63) is 106 Å². The maximum Gasteiger partial charge on any atom is 0.0133 e. The molecule has 0 heteroatoms. The average molecular weight is 284 g/mol. The van der Waals surface area contributed by atoms with E-state index in [1.54, 1.807) is 0 Å². The van der Waals surface area contributed by atoms with Crippen LogP contribution in [-0.4, -0.2) is 0 Å². The normalized spacial score (nSPS) is 16.5. The number of hydrogen-bond donors (Lipinski definition) is 0. The molecule has 0 radical (unpaired) electrons. The van der Waals surface area contributed by atoms with E-state index in [0.717, 1.165) is 12.8 Å². The van der Waals surface area contributed by atoms with E-state index in [9.17, 15) is 0 Å². The number of fused-ring (bicyclic) bond motifs is 2. The molecule has 1 aliphatic carbocycles. The van der Waals surface area contributed by atoms with Gasteiger partial charge < -0.3 is 0 Å². The summed E-state index contributed by atoms with van der Waals surface area (Å²) in [5.74, 6) is 0.458. The predicted octanol–water partition coefficient (Wildman–Crippen LogP) is 5.27. The van der Waals surface area contributed by atoms with Gasteiger partial charge in [-0.2, -0.15) is 0 Å². The molecular weight excluding hydrogens is 264 g/mol. The van der Waals surface area contributed by atoms with Gasteiger partial charge in [0.25, 0.3) is 0 Å². The van der Waals surface area contributed by atoms with Crippen LogP contribution in [0.15, 0.2) is 72.8 Å². The van der Waals surface area contributed by atoms with E-state index in [4.69, 9.17) is 0 Å². The first-order valence-corrected chi connectivity index (χ1v) is 8.03. The monoisotopic (exact) mass is 284 g/mol. The van der Waals surface area contributed by atoms with Crippen LogP contribution in [0.5, 0.6) is 0 Å². The second-order valence-corrected chi connectivity index (χ2v) is 6.26. The molecule has 0 amide bonds. The van der Waals surface area contributed by atoms with Gasteiger partial charge in [0.15, 0.2) is 0 Å². The lowest BCUT2D eigenvalue weighted by atomic mass is 9.85. The van der Waals surface area contributed by atoms with Gasteiger partial charge in [-0.1, -0.05) is 72.8 Å². The highest BCUT2D eigenvalue weighted by Crippen LogP contribution is 2.37. The van der Waals surface area contributed by atoms with Crippen LogP contribution in [0.3, 0.4) is 0 Å². The van der Waals surface area contributed by atoms with Gasteiger partial charge in [-0.3, -0.25) is 0 Å². The van der Waals surface area contributed by atoms with Crippen molar-refractivity contribution < 1.29 is 0 Å². The van der Waals surface area contributed by atoms with Gasteiger partial charge in [0.1, 0.15) is 0 Å². The third-order valence-corrected chi connectivity index (χ3v) is 4.93. The molecule has 1 unspecified atom stereocenters. The van der Waals surface area contributed by atoms with Crippen molar-refractivity contribution in [2.75, 3.05) is 0 Å². The summed E-state index contributed by atoms with van der Waals surface area (Å²) in [7, 11) is 0. The second kappa shape index (κ2) is 5.46. The Morgan fingerprint density at radius 1 is 0.727 bits per heavy atom. The molecule has 0 nitrogen and oxygen atoms in total. The van der Waals surface area contributed by atoms with Gasteiger partial charge in [0, 0.05) is 5.92 Å². The van der Waals surface area contributed by atoms with Crippen molar-refractivity contribution in [1.29, 1.82) is 0 Å². The van der Waals surface area contributed by atoms with Gasteiger partial charge in [-0.15, -0.1) is 0 Å². The quantitative estimate of drug-likeness (QED) is 0.571. The molecule has 0 aliphatic heterocycles. The predicted molar refractivity (Wildman–Crippen MR) is 92.4 cm³/mol. The van der Waals surface area contributed by atoms with Gasteiger partial charge >= 0.3 is 0 Å². The van der Waals surface area contributed by atoms with Crippen LogP contribution in [0.2, 0.25) is 0 Å². The fourth-order valence-electron chi connectivity index (χ4n) is 3.76. The van der Waals surface area contributed by atoms with Crippen LogP contribution in [0, 0.1) is 6.92 Å². The molecule has 0 aromatic heterocycles. The van der Waals surface area contributed by atoms with Crippen LogP contribution >= 0.6 is 0 Å². The lowest BCUT2D eigenvalue weighted by molar-refractivity contribution is 0.803. The second-order valence-electron chi connectivity index (χ2n) is 6.26. The van der Waals surface area contributed by atoms with E-state index < -0.39 is 0 Å². The van der Waals surface area contributed by atoms with E-state index >= 15 is 0 Å². The lowest BCUT2D eigenvalue weighted by Gasteiger charge is -2.19.